The number of aromatic nitrogens is 1. The van der Waals surface area contributed by atoms with Crippen LogP contribution in [0.4, 0.5) is 13.2 Å². The summed E-state index contributed by atoms with van der Waals surface area (Å²) in [5.74, 6) is -1.74. The molecule has 2 heterocycles. The summed E-state index contributed by atoms with van der Waals surface area (Å²) in [6, 6.07) is 8.20. The number of H-pyrrole nitrogens is 1. The molecule has 1 amide bonds. The minimum Gasteiger partial charge on any atom is -0.379 e. The van der Waals surface area contributed by atoms with Crippen molar-refractivity contribution >= 4 is 16.8 Å². The Morgan fingerprint density at radius 2 is 1.84 bits per heavy atom. The van der Waals surface area contributed by atoms with E-state index >= 15 is 0 Å². The normalized spacial score (nSPS) is 23.2. The number of benzene rings is 2. The Morgan fingerprint density at radius 3 is 2.52 bits per heavy atom. The standard InChI is InChI=1S/C24H23F3N2O2/c1-29(18-6-7-31-12-18)24(30)15-8-14(9-15)21-19-10-17(26)11-20(27)23(19)28-22(21)13-2-4-16(25)5-3-13/h2-5,10-11,14-15,18,28H,6-9,12H2,1H3/t14-,15-,18?. The number of carbonyl (C=O) groups is 1. The summed E-state index contributed by atoms with van der Waals surface area (Å²) >= 11 is 0. The Bertz CT molecular complexity index is 1130. The average molecular weight is 428 g/mol. The number of aromatic amines is 1. The number of rotatable bonds is 4. The number of amides is 1. The van der Waals surface area contributed by atoms with Gasteiger partial charge in [0.2, 0.25) is 5.91 Å². The van der Waals surface area contributed by atoms with Gasteiger partial charge in [-0.15, -0.1) is 0 Å². The lowest BCUT2D eigenvalue weighted by molar-refractivity contribution is -0.139. The van der Waals surface area contributed by atoms with Crippen LogP contribution in [0.5, 0.6) is 0 Å². The molecule has 1 saturated carbocycles. The lowest BCUT2D eigenvalue weighted by Crippen LogP contribution is -2.44. The van der Waals surface area contributed by atoms with E-state index in [0.29, 0.717) is 42.7 Å². The largest absolute Gasteiger partial charge is 0.379 e. The first-order valence-corrected chi connectivity index (χ1v) is 10.5. The first kappa shape index (κ1) is 20.1. The first-order valence-electron chi connectivity index (χ1n) is 10.5. The van der Waals surface area contributed by atoms with Gasteiger partial charge in [0.05, 0.1) is 23.9 Å². The maximum Gasteiger partial charge on any atom is 0.225 e. The molecule has 5 rings (SSSR count). The van der Waals surface area contributed by atoms with Gasteiger partial charge in [-0.05, 0) is 66.6 Å². The van der Waals surface area contributed by atoms with Gasteiger partial charge in [0.1, 0.15) is 17.5 Å². The zero-order chi connectivity index (χ0) is 21.7. The molecule has 2 aliphatic rings. The quantitative estimate of drug-likeness (QED) is 0.636. The van der Waals surface area contributed by atoms with Crippen LogP contribution < -0.4 is 0 Å². The molecule has 1 saturated heterocycles. The van der Waals surface area contributed by atoms with Crippen LogP contribution >= 0.6 is 0 Å². The fraction of sp³-hybridized carbons (Fsp3) is 0.375. The summed E-state index contributed by atoms with van der Waals surface area (Å²) in [4.78, 5) is 17.8. The number of hydrogen-bond donors (Lipinski definition) is 1. The van der Waals surface area contributed by atoms with E-state index in [-0.39, 0.29) is 35.1 Å². The molecule has 0 radical (unpaired) electrons. The predicted molar refractivity (Wildman–Crippen MR) is 111 cm³/mol. The topological polar surface area (TPSA) is 45.3 Å². The van der Waals surface area contributed by atoms with Gasteiger partial charge >= 0.3 is 0 Å². The molecule has 3 aromatic rings. The molecule has 4 nitrogen and oxygen atoms in total. The highest BCUT2D eigenvalue weighted by atomic mass is 19.1. The zero-order valence-electron chi connectivity index (χ0n) is 17.1. The molecular formula is C24H23F3N2O2. The molecule has 1 aromatic heterocycles. The van der Waals surface area contributed by atoms with Gasteiger partial charge in [0.15, 0.2) is 0 Å². The molecular weight excluding hydrogens is 405 g/mol. The van der Waals surface area contributed by atoms with Crippen LogP contribution in [0.25, 0.3) is 22.2 Å². The second kappa shape index (κ2) is 7.71. The molecule has 7 heteroatoms. The van der Waals surface area contributed by atoms with E-state index in [4.69, 9.17) is 4.74 Å². The van der Waals surface area contributed by atoms with Crippen molar-refractivity contribution in [3.63, 3.8) is 0 Å². The molecule has 1 aliphatic carbocycles. The Labute approximate surface area is 178 Å². The minimum atomic E-state index is -0.669. The van der Waals surface area contributed by atoms with Crippen molar-refractivity contribution in [3.05, 3.63) is 59.4 Å². The van der Waals surface area contributed by atoms with Gasteiger partial charge in [0.25, 0.3) is 0 Å². The molecule has 1 aliphatic heterocycles. The maximum absolute atomic E-state index is 14.5. The first-order chi connectivity index (χ1) is 14.9. The van der Waals surface area contributed by atoms with Gasteiger partial charge in [0, 0.05) is 31.0 Å². The fourth-order valence-corrected chi connectivity index (χ4v) is 4.86. The smallest absolute Gasteiger partial charge is 0.225 e. The monoisotopic (exact) mass is 428 g/mol. The van der Waals surface area contributed by atoms with Crippen molar-refractivity contribution in [2.45, 2.75) is 31.2 Å². The second-order valence-electron chi connectivity index (χ2n) is 8.56. The Balaban J connectivity index is 1.47. The van der Waals surface area contributed by atoms with E-state index in [0.717, 1.165) is 18.1 Å². The van der Waals surface area contributed by atoms with Crippen LogP contribution in [0, 0.1) is 23.4 Å². The van der Waals surface area contributed by atoms with E-state index in [1.54, 1.807) is 17.0 Å². The van der Waals surface area contributed by atoms with E-state index < -0.39 is 11.6 Å². The summed E-state index contributed by atoms with van der Waals surface area (Å²) in [7, 11) is 1.81. The van der Waals surface area contributed by atoms with Crippen molar-refractivity contribution in [1.29, 1.82) is 0 Å². The zero-order valence-corrected chi connectivity index (χ0v) is 17.1. The van der Waals surface area contributed by atoms with E-state index in [1.807, 2.05) is 7.05 Å². The van der Waals surface area contributed by atoms with Gasteiger partial charge in [-0.1, -0.05) is 0 Å². The third-order valence-electron chi connectivity index (χ3n) is 6.69. The van der Waals surface area contributed by atoms with Gasteiger partial charge in [-0.2, -0.15) is 0 Å². The molecule has 1 unspecified atom stereocenters. The number of carbonyl (C=O) groups excluding carboxylic acids is 1. The lowest BCUT2D eigenvalue weighted by Gasteiger charge is -2.38. The molecule has 1 atom stereocenters. The fourth-order valence-electron chi connectivity index (χ4n) is 4.86. The molecule has 0 spiro atoms. The number of nitrogens with zero attached hydrogens (tertiary/aromatic N) is 1. The van der Waals surface area contributed by atoms with Crippen molar-refractivity contribution < 1.29 is 22.7 Å². The molecule has 1 N–H and O–H groups in total. The Morgan fingerprint density at radius 1 is 1.10 bits per heavy atom. The lowest BCUT2D eigenvalue weighted by atomic mass is 9.69. The second-order valence-corrected chi connectivity index (χ2v) is 8.56. The van der Waals surface area contributed by atoms with Gasteiger partial charge in [-0.25, -0.2) is 13.2 Å². The van der Waals surface area contributed by atoms with E-state index in [1.165, 1.54) is 18.2 Å². The van der Waals surface area contributed by atoms with Crippen molar-refractivity contribution in [1.82, 2.24) is 9.88 Å². The number of ether oxygens (including phenoxy) is 1. The van der Waals surface area contributed by atoms with Crippen LogP contribution in [-0.2, 0) is 9.53 Å². The summed E-state index contributed by atoms with van der Waals surface area (Å²) < 4.78 is 47.3. The highest BCUT2D eigenvalue weighted by Crippen LogP contribution is 2.49. The number of fused-ring (bicyclic) bond motifs is 1. The van der Waals surface area contributed by atoms with Crippen LogP contribution in [0.2, 0.25) is 0 Å². The number of nitrogens with one attached hydrogen (secondary N) is 1. The Hall–Kier alpha value is -2.80. The molecule has 2 fully saturated rings. The predicted octanol–water partition coefficient (Wildman–Crippen LogP) is 4.99. The van der Waals surface area contributed by atoms with Gasteiger partial charge in [-0.3, -0.25) is 4.79 Å². The van der Waals surface area contributed by atoms with E-state index in [2.05, 4.69) is 4.98 Å². The SMILES string of the molecule is CN(C(=O)[C@H]1C[C@H](c2c(-c3ccc(F)cc3)[nH]c3c(F)cc(F)cc32)C1)C1CCOC1. The summed E-state index contributed by atoms with van der Waals surface area (Å²) in [5.41, 5.74) is 2.36. The number of halogens is 3. The average Bonchev–Trinajstić information content (AvgIpc) is 3.36. The summed E-state index contributed by atoms with van der Waals surface area (Å²) in [6.45, 7) is 1.23. The van der Waals surface area contributed by atoms with Crippen molar-refractivity contribution in [2.24, 2.45) is 5.92 Å². The maximum atomic E-state index is 14.5. The molecule has 2 aromatic carbocycles. The van der Waals surface area contributed by atoms with Crippen molar-refractivity contribution in [2.75, 3.05) is 20.3 Å². The van der Waals surface area contributed by atoms with Crippen LogP contribution in [0.1, 0.15) is 30.7 Å². The van der Waals surface area contributed by atoms with Gasteiger partial charge < -0.3 is 14.6 Å². The highest BCUT2D eigenvalue weighted by molar-refractivity contribution is 5.92. The van der Waals surface area contributed by atoms with Crippen molar-refractivity contribution in [3.8, 4) is 11.3 Å². The Kier molecular flexibility index (Phi) is 5.01. The third kappa shape index (κ3) is 3.51. The highest BCUT2D eigenvalue weighted by Gasteiger charge is 2.41. The van der Waals surface area contributed by atoms with Crippen LogP contribution in [0.15, 0.2) is 36.4 Å². The number of hydrogen-bond acceptors (Lipinski definition) is 2. The molecule has 0 bridgehead atoms. The van der Waals surface area contributed by atoms with E-state index in [9.17, 15) is 18.0 Å². The summed E-state index contributed by atoms with van der Waals surface area (Å²) in [6.07, 6.45) is 2.06. The molecule has 31 heavy (non-hydrogen) atoms. The third-order valence-corrected chi connectivity index (χ3v) is 6.69. The minimum absolute atomic E-state index is 0.0165. The molecule has 162 valence electrons. The van der Waals surface area contributed by atoms with Crippen LogP contribution in [-0.4, -0.2) is 42.1 Å². The number of likely N-dealkylation sites (N-methyl/N-ethyl adjacent to an activating group) is 1. The van der Waals surface area contributed by atoms with Crippen LogP contribution in [0.3, 0.4) is 0 Å². The summed E-state index contributed by atoms with van der Waals surface area (Å²) in [5, 5.41) is 0.477.